The summed E-state index contributed by atoms with van der Waals surface area (Å²) in [6.45, 7) is 3.29. The van der Waals surface area contributed by atoms with E-state index in [9.17, 15) is 19.5 Å². The maximum absolute atomic E-state index is 14.5. The number of hydrogen-bond acceptors (Lipinski definition) is 7. The van der Waals surface area contributed by atoms with Crippen molar-refractivity contribution in [2.45, 2.75) is 76.8 Å². The molecule has 12 nitrogen and oxygen atoms in total. The van der Waals surface area contributed by atoms with Crippen molar-refractivity contribution in [3.8, 4) is 5.75 Å². The molecule has 4 amide bonds. The molecule has 2 N–H and O–H groups in total. The fraction of sp³-hybridized carbons (Fsp3) is 0.450. The Morgan fingerprint density at radius 1 is 0.962 bits per heavy atom. The second kappa shape index (κ2) is 16.2. The number of urea groups is 1. The summed E-state index contributed by atoms with van der Waals surface area (Å²) in [6, 6.07) is 21.2. The summed E-state index contributed by atoms with van der Waals surface area (Å²) in [6.07, 6.45) is 8.56. The molecule has 1 aromatic heterocycles. The number of hydrazine groups is 1. The largest absolute Gasteiger partial charge is 0.508 e. The number of aromatic nitrogens is 2. The quantitative estimate of drug-likeness (QED) is 0.240. The second-order valence-corrected chi connectivity index (χ2v) is 14.3. The van der Waals surface area contributed by atoms with Crippen LogP contribution in [-0.4, -0.2) is 98.1 Å². The Balaban J connectivity index is 1.13. The van der Waals surface area contributed by atoms with E-state index >= 15 is 0 Å². The molecule has 3 saturated heterocycles. The minimum absolute atomic E-state index is 0.0400. The number of rotatable bonds is 10. The molecule has 0 bridgehead atoms. The lowest BCUT2D eigenvalue weighted by Gasteiger charge is -2.54. The third kappa shape index (κ3) is 8.08. The number of aromatic hydroxyl groups is 1. The molecule has 52 heavy (non-hydrogen) atoms. The Bertz CT molecular complexity index is 1840. The van der Waals surface area contributed by atoms with Crippen molar-refractivity contribution in [3.63, 3.8) is 0 Å². The molecule has 7 rings (SSSR count). The predicted octanol–water partition coefficient (Wildman–Crippen LogP) is 4.91. The molecule has 0 radical (unpaired) electrons. The van der Waals surface area contributed by atoms with E-state index in [1.165, 1.54) is 12.8 Å². The van der Waals surface area contributed by atoms with E-state index in [4.69, 9.17) is 9.84 Å². The summed E-state index contributed by atoms with van der Waals surface area (Å²) < 4.78 is 7.74. The Kier molecular flexibility index (Phi) is 11.0. The van der Waals surface area contributed by atoms with Crippen molar-refractivity contribution in [2.24, 2.45) is 5.92 Å². The molecule has 0 spiro atoms. The van der Waals surface area contributed by atoms with Gasteiger partial charge in [0.05, 0.1) is 18.6 Å². The molecular weight excluding hydrogens is 658 g/mol. The average Bonchev–Trinajstić information content (AvgIpc) is 3.55. The van der Waals surface area contributed by atoms with Crippen LogP contribution in [0.5, 0.6) is 5.75 Å². The first-order chi connectivity index (χ1) is 25.3. The molecule has 12 heteroatoms. The normalized spacial score (nSPS) is 21.6. The number of likely N-dealkylation sites (N-methyl/N-ethyl adjacent to an activating group) is 1. The summed E-state index contributed by atoms with van der Waals surface area (Å²) in [4.78, 5) is 45.5. The SMILES string of the molecule is CN1CC(=O)N2[C@@H](Cc3ccc(O)cc3)C(=O)N(Cc3cccc4nn(CCCC5CCCCOCC5)cc34)C[C@@H]2N1C(=O)NCc1ccccc1. The number of ether oxygens (including phenoxy) is 1. The van der Waals surface area contributed by atoms with Crippen LogP contribution in [0.2, 0.25) is 0 Å². The number of carbonyl (C=O) groups is 3. The molecule has 4 heterocycles. The minimum Gasteiger partial charge on any atom is -0.508 e. The Hall–Kier alpha value is -4.94. The zero-order valence-corrected chi connectivity index (χ0v) is 29.9. The van der Waals surface area contributed by atoms with Gasteiger partial charge in [-0.1, -0.05) is 67.4 Å². The second-order valence-electron chi connectivity index (χ2n) is 14.3. The lowest BCUT2D eigenvalue weighted by Crippen LogP contribution is -2.76. The first kappa shape index (κ1) is 35.5. The van der Waals surface area contributed by atoms with Crippen molar-refractivity contribution in [3.05, 3.63) is 95.7 Å². The molecule has 3 aliphatic rings. The Morgan fingerprint density at radius 3 is 2.62 bits per heavy atom. The van der Waals surface area contributed by atoms with Gasteiger partial charge < -0.3 is 25.0 Å². The topological polar surface area (TPSA) is 123 Å². The van der Waals surface area contributed by atoms with E-state index in [1.807, 2.05) is 53.2 Å². The summed E-state index contributed by atoms with van der Waals surface area (Å²) in [5.41, 5.74) is 3.59. The standard InChI is InChI=1S/C40H49N7O5/c1-43-28-38(49)46-36(23-30-15-17-33(48)18-16-30)39(50)44(27-37(46)47(43)40(51)41-24-31-10-3-2-4-11-31)25-32-13-7-14-35-34(32)26-45(42-35)20-8-12-29-9-5-6-21-52-22-19-29/h2-4,7,10-11,13-18,26,29,36-37,48H,5-6,8-9,12,19-25,27-28H2,1H3,(H,41,51)/t29?,36-,37-/m0/s1. The van der Waals surface area contributed by atoms with Gasteiger partial charge in [0.2, 0.25) is 11.8 Å². The number of hydrogen-bond donors (Lipinski definition) is 2. The van der Waals surface area contributed by atoms with E-state index in [2.05, 4.69) is 11.5 Å². The summed E-state index contributed by atoms with van der Waals surface area (Å²) >= 11 is 0. The Morgan fingerprint density at radius 2 is 1.79 bits per heavy atom. The molecule has 3 atom stereocenters. The van der Waals surface area contributed by atoms with Gasteiger partial charge in [-0.25, -0.2) is 14.8 Å². The molecule has 0 saturated carbocycles. The number of fused-ring (bicyclic) bond motifs is 2. The van der Waals surface area contributed by atoms with E-state index in [0.29, 0.717) is 19.0 Å². The summed E-state index contributed by atoms with van der Waals surface area (Å²) in [5.74, 6) is 0.412. The minimum atomic E-state index is -0.838. The fourth-order valence-corrected chi connectivity index (χ4v) is 7.93. The number of amides is 4. The lowest BCUT2D eigenvalue weighted by molar-refractivity contribution is -0.187. The molecular formula is C40H49N7O5. The molecule has 0 aliphatic carbocycles. The van der Waals surface area contributed by atoms with Crippen LogP contribution in [0.25, 0.3) is 10.9 Å². The van der Waals surface area contributed by atoms with Gasteiger partial charge in [0.25, 0.3) is 0 Å². The van der Waals surface area contributed by atoms with Gasteiger partial charge in [-0.2, -0.15) is 5.10 Å². The monoisotopic (exact) mass is 707 g/mol. The van der Waals surface area contributed by atoms with Gasteiger partial charge in [0.15, 0.2) is 0 Å². The van der Waals surface area contributed by atoms with Gasteiger partial charge in [0, 0.05) is 57.9 Å². The van der Waals surface area contributed by atoms with E-state index in [-0.39, 0.29) is 43.1 Å². The van der Waals surface area contributed by atoms with Crippen LogP contribution in [0.3, 0.4) is 0 Å². The van der Waals surface area contributed by atoms with Crippen molar-refractivity contribution in [1.29, 1.82) is 0 Å². The first-order valence-electron chi connectivity index (χ1n) is 18.6. The number of carbonyl (C=O) groups excluding carboxylic acids is 3. The van der Waals surface area contributed by atoms with E-state index < -0.39 is 12.2 Å². The molecule has 3 fully saturated rings. The Labute approximate surface area is 304 Å². The van der Waals surface area contributed by atoms with Crippen molar-refractivity contribution in [2.75, 3.05) is 33.4 Å². The van der Waals surface area contributed by atoms with Gasteiger partial charge in [-0.3, -0.25) is 14.3 Å². The highest BCUT2D eigenvalue weighted by atomic mass is 16.5. The highest BCUT2D eigenvalue weighted by molar-refractivity contribution is 5.92. The highest BCUT2D eigenvalue weighted by Gasteiger charge is 2.50. The zero-order valence-electron chi connectivity index (χ0n) is 29.9. The summed E-state index contributed by atoms with van der Waals surface area (Å²) in [5, 5.41) is 22.0. The average molecular weight is 708 g/mol. The van der Waals surface area contributed by atoms with Crippen LogP contribution in [0.4, 0.5) is 4.79 Å². The van der Waals surface area contributed by atoms with Crippen LogP contribution >= 0.6 is 0 Å². The van der Waals surface area contributed by atoms with Crippen LogP contribution in [0, 0.1) is 5.92 Å². The number of phenols is 1. The smallest absolute Gasteiger partial charge is 0.334 e. The fourth-order valence-electron chi connectivity index (χ4n) is 7.93. The zero-order chi connectivity index (χ0) is 36.0. The number of aryl methyl sites for hydroxylation is 1. The van der Waals surface area contributed by atoms with Crippen LogP contribution in [0.1, 0.15) is 55.2 Å². The van der Waals surface area contributed by atoms with Gasteiger partial charge in [-0.05, 0) is 66.5 Å². The third-order valence-corrected chi connectivity index (χ3v) is 10.7. The maximum atomic E-state index is 14.5. The van der Waals surface area contributed by atoms with Crippen molar-refractivity contribution < 1.29 is 24.2 Å². The van der Waals surface area contributed by atoms with Crippen LogP contribution in [0.15, 0.2) is 79.0 Å². The number of nitrogens with one attached hydrogen (secondary N) is 1. The maximum Gasteiger partial charge on any atom is 0.334 e. The first-order valence-corrected chi connectivity index (χ1v) is 18.6. The number of benzene rings is 3. The van der Waals surface area contributed by atoms with Crippen molar-refractivity contribution in [1.82, 2.24) is 34.9 Å². The summed E-state index contributed by atoms with van der Waals surface area (Å²) in [7, 11) is 1.73. The van der Waals surface area contributed by atoms with Gasteiger partial charge >= 0.3 is 6.03 Å². The molecule has 3 aromatic carbocycles. The number of nitrogens with zero attached hydrogens (tertiary/aromatic N) is 6. The molecule has 274 valence electrons. The molecule has 4 aromatic rings. The molecule has 3 aliphatic heterocycles. The third-order valence-electron chi connectivity index (χ3n) is 10.7. The van der Waals surface area contributed by atoms with Gasteiger partial charge in [-0.15, -0.1) is 0 Å². The van der Waals surface area contributed by atoms with Crippen LogP contribution in [-0.2, 0) is 40.4 Å². The van der Waals surface area contributed by atoms with E-state index in [0.717, 1.165) is 73.0 Å². The molecule has 1 unspecified atom stereocenters. The lowest BCUT2D eigenvalue weighted by atomic mass is 9.93. The highest BCUT2D eigenvalue weighted by Crippen LogP contribution is 2.30. The van der Waals surface area contributed by atoms with E-state index in [1.54, 1.807) is 51.1 Å². The predicted molar refractivity (Wildman–Crippen MR) is 197 cm³/mol. The number of piperazine rings is 1. The van der Waals surface area contributed by atoms with Crippen LogP contribution < -0.4 is 5.32 Å². The number of phenolic OH excluding ortho intramolecular Hbond substituents is 1. The van der Waals surface area contributed by atoms with Crippen molar-refractivity contribution >= 4 is 28.7 Å². The van der Waals surface area contributed by atoms with Gasteiger partial charge in [0.1, 0.15) is 18.0 Å².